The molecule has 0 atom stereocenters. The van der Waals surface area contributed by atoms with E-state index in [1.807, 2.05) is 13.8 Å². The summed E-state index contributed by atoms with van der Waals surface area (Å²) >= 11 is 6.10. The van der Waals surface area contributed by atoms with Crippen molar-refractivity contribution in [2.75, 3.05) is 12.4 Å². The molecule has 158 valence electrons. The van der Waals surface area contributed by atoms with Crippen LogP contribution in [0.5, 0.6) is 17.2 Å². The smallest absolute Gasteiger partial charge is 0.226 e. The van der Waals surface area contributed by atoms with Gasteiger partial charge in [0.1, 0.15) is 11.5 Å². The highest BCUT2D eigenvalue weighted by Gasteiger charge is 2.13. The molecule has 30 heavy (non-hydrogen) atoms. The molecule has 0 aliphatic carbocycles. The zero-order valence-electron chi connectivity index (χ0n) is 17.1. The minimum Gasteiger partial charge on any atom is -0.497 e. The van der Waals surface area contributed by atoms with Crippen LogP contribution >= 0.6 is 11.6 Å². The summed E-state index contributed by atoms with van der Waals surface area (Å²) in [5.74, 6) is 3.11. The van der Waals surface area contributed by atoms with Crippen molar-refractivity contribution in [1.29, 1.82) is 0 Å². The minimum absolute atomic E-state index is 0.152. The lowest BCUT2D eigenvalue weighted by Gasteiger charge is -2.13. The average molecular weight is 430 g/mol. The molecule has 1 heterocycles. The molecule has 7 nitrogen and oxygen atoms in total. The Morgan fingerprint density at radius 1 is 1.17 bits per heavy atom. The van der Waals surface area contributed by atoms with Gasteiger partial charge in [-0.3, -0.25) is 4.79 Å². The Kier molecular flexibility index (Phi) is 7.30. The Hall–Kier alpha value is -3.06. The molecule has 3 aromatic rings. The highest BCUT2D eigenvalue weighted by atomic mass is 35.5. The lowest BCUT2D eigenvalue weighted by molar-refractivity contribution is -0.116. The number of aryl methyl sites for hydroxylation is 1. The van der Waals surface area contributed by atoms with Crippen molar-refractivity contribution in [1.82, 2.24) is 10.1 Å². The number of rotatable bonds is 9. The fraction of sp³-hybridized carbons (Fsp3) is 0.318. The van der Waals surface area contributed by atoms with Crippen molar-refractivity contribution < 1.29 is 18.8 Å². The topological polar surface area (TPSA) is 86.5 Å². The van der Waals surface area contributed by atoms with Gasteiger partial charge in [0.2, 0.25) is 11.8 Å². The Morgan fingerprint density at radius 2 is 1.90 bits per heavy atom. The second kappa shape index (κ2) is 10.1. The van der Waals surface area contributed by atoms with E-state index in [1.165, 1.54) is 0 Å². The maximum Gasteiger partial charge on any atom is 0.226 e. The molecule has 1 amide bonds. The first-order valence-corrected chi connectivity index (χ1v) is 10.1. The van der Waals surface area contributed by atoms with E-state index < -0.39 is 0 Å². The molecule has 0 fully saturated rings. The Morgan fingerprint density at radius 3 is 2.57 bits per heavy atom. The maximum atomic E-state index is 12.4. The number of halogens is 1. The van der Waals surface area contributed by atoms with Gasteiger partial charge >= 0.3 is 0 Å². The zero-order valence-corrected chi connectivity index (χ0v) is 17.9. The molecule has 0 aliphatic rings. The molecular weight excluding hydrogens is 406 g/mol. The van der Waals surface area contributed by atoms with Crippen LogP contribution in [0.3, 0.4) is 0 Å². The largest absolute Gasteiger partial charge is 0.497 e. The van der Waals surface area contributed by atoms with Crippen molar-refractivity contribution >= 4 is 23.2 Å². The number of nitrogens with one attached hydrogen (secondary N) is 1. The number of carbonyl (C=O) groups is 1. The highest BCUT2D eigenvalue weighted by Crippen LogP contribution is 2.33. The Labute approximate surface area is 180 Å². The number of benzene rings is 2. The highest BCUT2D eigenvalue weighted by molar-refractivity contribution is 6.31. The number of hydrogen-bond acceptors (Lipinski definition) is 6. The van der Waals surface area contributed by atoms with Gasteiger partial charge in [0, 0.05) is 23.8 Å². The van der Waals surface area contributed by atoms with Crippen LogP contribution in [0, 0.1) is 0 Å². The molecule has 8 heteroatoms. The zero-order chi connectivity index (χ0) is 21.5. The monoisotopic (exact) mass is 429 g/mol. The number of nitrogens with zero attached hydrogens (tertiary/aromatic N) is 2. The third-order valence-corrected chi connectivity index (χ3v) is 4.53. The van der Waals surface area contributed by atoms with E-state index in [0.29, 0.717) is 53.2 Å². The second-order valence-electron chi connectivity index (χ2n) is 7.02. The summed E-state index contributed by atoms with van der Waals surface area (Å²) in [4.78, 5) is 16.7. The summed E-state index contributed by atoms with van der Waals surface area (Å²) < 4.78 is 16.3. The standard InChI is InChI=1S/C22H24ClN3O4/c1-14(2)22-25-21(30-26-22)6-4-5-20(27)24-18-13-15(23)7-12-19(18)29-17-10-8-16(28-3)9-11-17/h7-14H,4-6H2,1-3H3,(H,24,27). The Bertz CT molecular complexity index is 986. The molecule has 0 bridgehead atoms. The predicted molar refractivity (Wildman–Crippen MR) is 114 cm³/mol. The normalized spacial score (nSPS) is 10.8. The molecule has 2 aromatic carbocycles. The van der Waals surface area contributed by atoms with Crippen LogP contribution in [0.25, 0.3) is 0 Å². The van der Waals surface area contributed by atoms with E-state index in [4.69, 9.17) is 25.6 Å². The van der Waals surface area contributed by atoms with Crippen LogP contribution in [-0.2, 0) is 11.2 Å². The van der Waals surface area contributed by atoms with E-state index in [1.54, 1.807) is 49.6 Å². The molecular formula is C22H24ClN3O4. The van der Waals surface area contributed by atoms with Crippen molar-refractivity contribution in [2.45, 2.75) is 39.0 Å². The number of hydrogen-bond donors (Lipinski definition) is 1. The van der Waals surface area contributed by atoms with Gasteiger partial charge in [0.25, 0.3) is 0 Å². The van der Waals surface area contributed by atoms with Crippen LogP contribution in [-0.4, -0.2) is 23.2 Å². The molecule has 1 aromatic heterocycles. The summed E-state index contributed by atoms with van der Waals surface area (Å²) in [6.45, 7) is 4.00. The first-order valence-electron chi connectivity index (χ1n) is 9.68. The molecule has 0 spiro atoms. The first kappa shape index (κ1) is 21.6. The minimum atomic E-state index is -0.152. The molecule has 0 aliphatic heterocycles. The van der Waals surface area contributed by atoms with E-state index >= 15 is 0 Å². The first-order chi connectivity index (χ1) is 14.4. The van der Waals surface area contributed by atoms with Crippen LogP contribution in [0.4, 0.5) is 5.69 Å². The lowest BCUT2D eigenvalue weighted by atomic mass is 10.2. The fourth-order valence-corrected chi connectivity index (χ4v) is 2.85. The van der Waals surface area contributed by atoms with Gasteiger partial charge in [-0.2, -0.15) is 4.98 Å². The number of ether oxygens (including phenoxy) is 2. The second-order valence-corrected chi connectivity index (χ2v) is 7.46. The van der Waals surface area contributed by atoms with Gasteiger partial charge in [0.15, 0.2) is 11.6 Å². The maximum absolute atomic E-state index is 12.4. The molecule has 1 N–H and O–H groups in total. The summed E-state index contributed by atoms with van der Waals surface area (Å²) in [7, 11) is 1.60. The summed E-state index contributed by atoms with van der Waals surface area (Å²) in [5, 5.41) is 7.29. The quantitative estimate of drug-likeness (QED) is 0.475. The van der Waals surface area contributed by atoms with Crippen molar-refractivity contribution in [3.63, 3.8) is 0 Å². The van der Waals surface area contributed by atoms with Gasteiger partial charge in [-0.05, 0) is 48.9 Å². The number of carbonyl (C=O) groups excluding carboxylic acids is 1. The van der Waals surface area contributed by atoms with Crippen LogP contribution < -0.4 is 14.8 Å². The van der Waals surface area contributed by atoms with Crippen molar-refractivity contribution in [3.8, 4) is 17.2 Å². The van der Waals surface area contributed by atoms with Gasteiger partial charge < -0.3 is 19.3 Å². The summed E-state index contributed by atoms with van der Waals surface area (Å²) in [5.41, 5.74) is 0.503. The van der Waals surface area contributed by atoms with Gasteiger partial charge in [-0.15, -0.1) is 0 Å². The van der Waals surface area contributed by atoms with Crippen LogP contribution in [0.2, 0.25) is 5.02 Å². The van der Waals surface area contributed by atoms with Crippen molar-refractivity contribution in [2.24, 2.45) is 0 Å². The number of methoxy groups -OCH3 is 1. The molecule has 0 radical (unpaired) electrons. The van der Waals surface area contributed by atoms with Gasteiger partial charge in [-0.1, -0.05) is 30.6 Å². The van der Waals surface area contributed by atoms with E-state index in [9.17, 15) is 4.79 Å². The number of amides is 1. The molecule has 3 rings (SSSR count). The number of anilines is 1. The van der Waals surface area contributed by atoms with Gasteiger partial charge in [0.05, 0.1) is 12.8 Å². The predicted octanol–water partition coefficient (Wildman–Crippen LogP) is 5.61. The summed E-state index contributed by atoms with van der Waals surface area (Å²) in [6.07, 6.45) is 1.42. The molecule has 0 unspecified atom stereocenters. The molecule has 0 saturated heterocycles. The van der Waals surface area contributed by atoms with E-state index in [0.717, 1.165) is 5.75 Å². The van der Waals surface area contributed by atoms with E-state index in [2.05, 4.69) is 15.5 Å². The number of aromatic nitrogens is 2. The summed E-state index contributed by atoms with van der Waals surface area (Å²) in [6, 6.07) is 12.2. The molecule has 0 saturated carbocycles. The third-order valence-electron chi connectivity index (χ3n) is 4.30. The Balaban J connectivity index is 1.58. The lowest BCUT2D eigenvalue weighted by Crippen LogP contribution is -2.12. The van der Waals surface area contributed by atoms with E-state index in [-0.39, 0.29) is 11.8 Å². The average Bonchev–Trinajstić information content (AvgIpc) is 3.20. The van der Waals surface area contributed by atoms with Crippen LogP contribution in [0.1, 0.15) is 44.3 Å². The SMILES string of the molecule is COc1ccc(Oc2ccc(Cl)cc2NC(=O)CCCc2nc(C(C)C)no2)cc1. The van der Waals surface area contributed by atoms with Crippen LogP contribution in [0.15, 0.2) is 47.0 Å². The van der Waals surface area contributed by atoms with Crippen molar-refractivity contribution in [3.05, 3.63) is 59.2 Å². The van der Waals surface area contributed by atoms with Gasteiger partial charge in [-0.25, -0.2) is 0 Å². The fourth-order valence-electron chi connectivity index (χ4n) is 2.68. The third kappa shape index (κ3) is 5.97.